The molecule has 8 atom stereocenters. The van der Waals surface area contributed by atoms with E-state index < -0.39 is 16.9 Å². The number of aliphatic hydroxyl groups excluding tert-OH is 1. The zero-order chi connectivity index (χ0) is 21.8. The van der Waals surface area contributed by atoms with Crippen LogP contribution in [0.4, 0.5) is 0 Å². The van der Waals surface area contributed by atoms with Crippen molar-refractivity contribution in [2.45, 2.75) is 64.9 Å². The molecule has 1 N–H and O–H groups in total. The number of hydrogen-bond donors (Lipinski definition) is 1. The summed E-state index contributed by atoms with van der Waals surface area (Å²) in [6.07, 6.45) is 5.35. The fourth-order valence-corrected chi connectivity index (χ4v) is 8.32. The Morgan fingerprint density at radius 1 is 1.19 bits per heavy atom. The number of unbranched alkanes of at least 4 members (excludes halogenated alkanes) is 1. The molecule has 174 valence electrons. The monoisotopic (exact) mass is 433 g/mol. The number of ether oxygens (including phenoxy) is 2. The lowest BCUT2D eigenvalue weighted by molar-refractivity contribution is -0.239. The number of cyclic esters (lactones) is 1. The highest BCUT2D eigenvalue weighted by molar-refractivity contribution is 5.92. The highest BCUT2D eigenvalue weighted by Gasteiger charge is 2.73. The maximum Gasteiger partial charge on any atom is 0.312 e. The second-order valence-electron chi connectivity index (χ2n) is 11.1. The quantitative estimate of drug-likeness (QED) is 0.672. The fraction of sp³-hybridized carbons (Fsp3) is 0.920. The smallest absolute Gasteiger partial charge is 0.312 e. The average Bonchev–Trinajstić information content (AvgIpc) is 2.79. The first-order valence-corrected chi connectivity index (χ1v) is 12.6. The number of fused-ring (bicyclic) bond motifs is 3. The second-order valence-corrected chi connectivity index (χ2v) is 11.1. The molecule has 0 radical (unpaired) electrons. The third kappa shape index (κ3) is 3.07. The van der Waals surface area contributed by atoms with E-state index >= 15 is 0 Å². The Morgan fingerprint density at radius 3 is 2.71 bits per heavy atom. The summed E-state index contributed by atoms with van der Waals surface area (Å²) in [6.45, 7) is 8.76. The Kier molecular flexibility index (Phi) is 5.71. The van der Waals surface area contributed by atoms with Crippen LogP contribution < -0.4 is 0 Å². The van der Waals surface area contributed by atoms with Crippen molar-refractivity contribution in [1.82, 2.24) is 4.90 Å². The summed E-state index contributed by atoms with van der Waals surface area (Å²) in [6, 6.07) is 0. The Balaban J connectivity index is 1.51. The van der Waals surface area contributed by atoms with Crippen LogP contribution in [0.25, 0.3) is 0 Å². The molecule has 3 unspecified atom stereocenters. The lowest BCUT2D eigenvalue weighted by Crippen LogP contribution is -2.72. The predicted octanol–water partition coefficient (Wildman–Crippen LogP) is 2.67. The number of Topliss-reactive ketones (excluding diaryl/α,β-unsaturated/α-hetero) is 1. The minimum atomic E-state index is -0.758. The van der Waals surface area contributed by atoms with Crippen molar-refractivity contribution in [2.75, 3.05) is 39.5 Å². The van der Waals surface area contributed by atoms with E-state index in [-0.39, 0.29) is 35.4 Å². The number of rotatable bonds is 5. The van der Waals surface area contributed by atoms with Gasteiger partial charge in [-0.2, -0.15) is 0 Å². The molecular weight excluding hydrogens is 394 g/mol. The Hall–Kier alpha value is -0.980. The first kappa shape index (κ1) is 21.8. The van der Waals surface area contributed by atoms with Gasteiger partial charge < -0.3 is 14.6 Å². The number of aliphatic hydroxyl groups is 1. The Bertz CT molecular complexity index is 721. The Morgan fingerprint density at radius 2 is 1.97 bits per heavy atom. The van der Waals surface area contributed by atoms with Gasteiger partial charge in [-0.15, -0.1) is 0 Å². The van der Waals surface area contributed by atoms with Crippen LogP contribution in [0.2, 0.25) is 0 Å². The third-order valence-corrected chi connectivity index (χ3v) is 9.86. The van der Waals surface area contributed by atoms with E-state index in [0.29, 0.717) is 18.9 Å². The maximum atomic E-state index is 14.1. The van der Waals surface area contributed by atoms with Gasteiger partial charge in [0.15, 0.2) is 0 Å². The van der Waals surface area contributed by atoms with Gasteiger partial charge in [-0.3, -0.25) is 14.5 Å². The number of ketones is 1. The maximum absolute atomic E-state index is 14.1. The summed E-state index contributed by atoms with van der Waals surface area (Å²) in [5, 5.41) is 11.5. The molecule has 6 fully saturated rings. The van der Waals surface area contributed by atoms with Crippen molar-refractivity contribution >= 4 is 11.8 Å². The predicted molar refractivity (Wildman–Crippen MR) is 115 cm³/mol. The van der Waals surface area contributed by atoms with Crippen molar-refractivity contribution < 1.29 is 24.2 Å². The normalized spacial score (nSPS) is 47.6. The van der Waals surface area contributed by atoms with Crippen LogP contribution in [-0.2, 0) is 19.1 Å². The number of hydrogen-bond acceptors (Lipinski definition) is 6. The number of morpholine rings is 1. The largest absolute Gasteiger partial charge is 0.465 e. The number of nitrogens with zero attached hydrogens (tertiary/aromatic N) is 1. The molecule has 2 saturated heterocycles. The molecule has 2 heterocycles. The van der Waals surface area contributed by atoms with Gasteiger partial charge in [-0.25, -0.2) is 0 Å². The Labute approximate surface area is 186 Å². The summed E-state index contributed by atoms with van der Waals surface area (Å²) in [5.41, 5.74) is -1.35. The zero-order valence-electron chi connectivity index (χ0n) is 19.2. The minimum absolute atomic E-state index is 0.0189. The van der Waals surface area contributed by atoms with Crippen LogP contribution in [0.5, 0.6) is 0 Å². The van der Waals surface area contributed by atoms with Crippen LogP contribution in [0.1, 0.15) is 58.8 Å². The highest BCUT2D eigenvalue weighted by Crippen LogP contribution is 2.69. The number of esters is 1. The molecule has 0 aromatic carbocycles. The molecule has 0 amide bonds. The van der Waals surface area contributed by atoms with Crippen molar-refractivity contribution in [2.24, 2.45) is 40.4 Å². The van der Waals surface area contributed by atoms with E-state index in [1.165, 1.54) is 0 Å². The van der Waals surface area contributed by atoms with E-state index in [4.69, 9.17) is 9.47 Å². The van der Waals surface area contributed by atoms with Gasteiger partial charge in [0.25, 0.3) is 0 Å². The average molecular weight is 434 g/mol. The van der Waals surface area contributed by atoms with E-state index in [0.717, 1.165) is 71.4 Å². The minimum Gasteiger partial charge on any atom is -0.465 e. The molecule has 0 aromatic rings. The van der Waals surface area contributed by atoms with Gasteiger partial charge in [-0.1, -0.05) is 26.7 Å². The molecule has 1 spiro atoms. The van der Waals surface area contributed by atoms with E-state index in [9.17, 15) is 14.7 Å². The van der Waals surface area contributed by atoms with Gasteiger partial charge in [0.05, 0.1) is 36.8 Å². The van der Waals surface area contributed by atoms with Crippen molar-refractivity contribution in [1.29, 1.82) is 0 Å². The molecule has 6 heteroatoms. The van der Waals surface area contributed by atoms with Crippen molar-refractivity contribution in [3.8, 4) is 0 Å². The first-order valence-electron chi connectivity index (χ1n) is 12.6. The van der Waals surface area contributed by atoms with Gasteiger partial charge in [0, 0.05) is 25.6 Å². The molecule has 4 saturated carbocycles. The van der Waals surface area contributed by atoms with Gasteiger partial charge >= 0.3 is 5.97 Å². The molecule has 4 aliphatic carbocycles. The summed E-state index contributed by atoms with van der Waals surface area (Å²) in [5.74, 6) is 0.760. The molecular formula is C25H39NO5. The molecule has 31 heavy (non-hydrogen) atoms. The van der Waals surface area contributed by atoms with E-state index in [1.54, 1.807) is 0 Å². The molecule has 6 nitrogen and oxygen atoms in total. The second kappa shape index (κ2) is 8.11. The number of carbonyl (C=O) groups excluding carboxylic acids is 2. The standard InChI is InChI=1S/C25H39NO5/c1-3-4-6-24-19(16(2)15-31-23(24)29)13-21(27)25-7-5-17(12-20(24)25)18(22(25)28)14-26-8-10-30-11-9-26/h16-21,27H,3-15H2,1-2H3/t16-,17+,18-,19?,20?,21-,24?,25-/m1/s1. The summed E-state index contributed by atoms with van der Waals surface area (Å²) >= 11 is 0. The van der Waals surface area contributed by atoms with Crippen LogP contribution >= 0.6 is 0 Å². The zero-order valence-corrected chi connectivity index (χ0v) is 19.2. The van der Waals surface area contributed by atoms with Gasteiger partial charge in [-0.05, 0) is 55.8 Å². The SMILES string of the molecule is CCCCC12C(=O)OC[C@@H](C)C1C[C@@H](O)[C@@]13CC[C@@H](CC21)[C@@H](CN1CCOCC1)C3=O. The molecule has 6 rings (SSSR count). The first-order chi connectivity index (χ1) is 14.9. The van der Waals surface area contributed by atoms with Gasteiger partial charge in [0.2, 0.25) is 0 Å². The summed E-state index contributed by atoms with van der Waals surface area (Å²) < 4.78 is 11.3. The van der Waals surface area contributed by atoms with Crippen molar-refractivity contribution in [3.63, 3.8) is 0 Å². The fourth-order valence-electron chi connectivity index (χ4n) is 8.32. The lowest BCUT2D eigenvalue weighted by atomic mass is 9.37. The molecule has 2 bridgehead atoms. The topological polar surface area (TPSA) is 76.1 Å². The molecule has 2 aliphatic heterocycles. The van der Waals surface area contributed by atoms with Crippen LogP contribution in [0, 0.1) is 40.4 Å². The van der Waals surface area contributed by atoms with Crippen LogP contribution in [0.3, 0.4) is 0 Å². The molecule has 6 aliphatic rings. The summed E-state index contributed by atoms with van der Waals surface area (Å²) in [7, 11) is 0. The van der Waals surface area contributed by atoms with E-state index in [1.807, 2.05) is 0 Å². The lowest BCUT2D eigenvalue weighted by Gasteiger charge is -2.67. The number of carbonyl (C=O) groups is 2. The third-order valence-electron chi connectivity index (χ3n) is 9.86. The molecule has 0 aromatic heterocycles. The van der Waals surface area contributed by atoms with Crippen LogP contribution in [-0.4, -0.2) is 67.3 Å². The van der Waals surface area contributed by atoms with Crippen LogP contribution in [0.15, 0.2) is 0 Å². The van der Waals surface area contributed by atoms with E-state index in [2.05, 4.69) is 18.7 Å². The highest BCUT2D eigenvalue weighted by atomic mass is 16.5. The van der Waals surface area contributed by atoms with Gasteiger partial charge in [0.1, 0.15) is 5.78 Å². The van der Waals surface area contributed by atoms with Crippen molar-refractivity contribution in [3.05, 3.63) is 0 Å². The summed E-state index contributed by atoms with van der Waals surface area (Å²) in [4.78, 5) is 30.0.